The fraction of sp³-hybridized carbons (Fsp3) is 0.375. The average molecular weight is 336 g/mol. The van der Waals surface area contributed by atoms with Crippen LogP contribution < -0.4 is 5.32 Å². The van der Waals surface area contributed by atoms with Gasteiger partial charge in [-0.3, -0.25) is 9.59 Å². The van der Waals surface area contributed by atoms with Crippen LogP contribution in [-0.4, -0.2) is 29.8 Å². The molecule has 2 aromatic rings. The molecule has 22 heavy (non-hydrogen) atoms. The Balaban J connectivity index is 1.69. The summed E-state index contributed by atoms with van der Waals surface area (Å²) in [5.41, 5.74) is 0.684. The molecule has 0 aliphatic heterocycles. The van der Waals surface area contributed by atoms with E-state index in [0.29, 0.717) is 38.0 Å². The smallest absolute Gasteiger partial charge is 0.252 e. The maximum absolute atomic E-state index is 12.2. The van der Waals surface area contributed by atoms with E-state index in [1.165, 1.54) is 16.2 Å². The number of nitrogens with one attached hydrogen (secondary N) is 1. The SMILES string of the molecule is CCN(Cc1cccs1)C(=O)CCCNC(=O)c1ccsc1. The van der Waals surface area contributed by atoms with Gasteiger partial charge in [-0.05, 0) is 36.2 Å². The van der Waals surface area contributed by atoms with Crippen molar-refractivity contribution in [3.63, 3.8) is 0 Å². The van der Waals surface area contributed by atoms with Gasteiger partial charge in [0, 0.05) is 35.3 Å². The first-order valence-electron chi connectivity index (χ1n) is 7.31. The molecule has 0 aromatic carbocycles. The minimum absolute atomic E-state index is 0.0698. The van der Waals surface area contributed by atoms with Crippen molar-refractivity contribution >= 4 is 34.5 Å². The van der Waals surface area contributed by atoms with E-state index in [1.54, 1.807) is 17.4 Å². The number of thiophene rings is 2. The molecule has 0 fully saturated rings. The zero-order valence-corrected chi connectivity index (χ0v) is 14.2. The average Bonchev–Trinajstić information content (AvgIpc) is 3.21. The molecule has 0 unspecified atom stereocenters. The first-order chi connectivity index (χ1) is 10.7. The summed E-state index contributed by atoms with van der Waals surface area (Å²) in [6.45, 7) is 3.90. The Labute approximate surface area is 138 Å². The third-order valence-electron chi connectivity index (χ3n) is 3.30. The molecule has 0 atom stereocenters. The summed E-state index contributed by atoms with van der Waals surface area (Å²) in [5, 5.41) is 8.56. The molecule has 2 aromatic heterocycles. The van der Waals surface area contributed by atoms with Crippen LogP contribution in [0, 0.1) is 0 Å². The summed E-state index contributed by atoms with van der Waals surface area (Å²) in [7, 11) is 0. The minimum Gasteiger partial charge on any atom is -0.352 e. The summed E-state index contributed by atoms with van der Waals surface area (Å²) in [5.74, 6) is 0.0697. The molecule has 0 aliphatic carbocycles. The van der Waals surface area contributed by atoms with Crippen LogP contribution in [0.15, 0.2) is 34.3 Å². The molecule has 0 saturated carbocycles. The second-order valence-electron chi connectivity index (χ2n) is 4.86. The highest BCUT2D eigenvalue weighted by Gasteiger charge is 2.12. The Kier molecular flexibility index (Phi) is 6.61. The number of carbonyl (C=O) groups excluding carboxylic acids is 2. The summed E-state index contributed by atoms with van der Waals surface area (Å²) in [6, 6.07) is 5.84. The molecule has 4 nitrogen and oxygen atoms in total. The summed E-state index contributed by atoms with van der Waals surface area (Å²) >= 11 is 3.16. The molecule has 1 N–H and O–H groups in total. The Bertz CT molecular complexity index is 579. The number of amides is 2. The van der Waals surface area contributed by atoms with E-state index in [1.807, 2.05) is 40.1 Å². The molecule has 0 saturated heterocycles. The normalized spacial score (nSPS) is 10.4. The maximum atomic E-state index is 12.2. The van der Waals surface area contributed by atoms with E-state index < -0.39 is 0 Å². The Morgan fingerprint density at radius 1 is 1.27 bits per heavy atom. The van der Waals surface area contributed by atoms with E-state index in [9.17, 15) is 9.59 Å². The summed E-state index contributed by atoms with van der Waals surface area (Å²) in [6.07, 6.45) is 1.12. The predicted molar refractivity (Wildman–Crippen MR) is 91.3 cm³/mol. The van der Waals surface area contributed by atoms with Gasteiger partial charge in [-0.2, -0.15) is 11.3 Å². The van der Waals surface area contributed by atoms with Gasteiger partial charge < -0.3 is 10.2 Å². The van der Waals surface area contributed by atoms with Gasteiger partial charge in [-0.15, -0.1) is 11.3 Å². The number of carbonyl (C=O) groups is 2. The molecule has 2 amide bonds. The second-order valence-corrected chi connectivity index (χ2v) is 6.67. The number of rotatable bonds is 8. The van der Waals surface area contributed by atoms with Crippen molar-refractivity contribution in [2.24, 2.45) is 0 Å². The van der Waals surface area contributed by atoms with Gasteiger partial charge in [0.1, 0.15) is 0 Å². The van der Waals surface area contributed by atoms with Crippen LogP contribution in [0.4, 0.5) is 0 Å². The lowest BCUT2D eigenvalue weighted by Gasteiger charge is -2.20. The highest BCUT2D eigenvalue weighted by molar-refractivity contribution is 7.09. The van der Waals surface area contributed by atoms with Crippen molar-refractivity contribution in [1.82, 2.24) is 10.2 Å². The molecule has 0 spiro atoms. The van der Waals surface area contributed by atoms with Crippen molar-refractivity contribution in [2.45, 2.75) is 26.3 Å². The van der Waals surface area contributed by atoms with Crippen molar-refractivity contribution in [3.8, 4) is 0 Å². The van der Waals surface area contributed by atoms with Gasteiger partial charge in [0.2, 0.25) is 5.91 Å². The van der Waals surface area contributed by atoms with E-state index in [0.717, 1.165) is 0 Å². The van der Waals surface area contributed by atoms with Crippen molar-refractivity contribution in [2.75, 3.05) is 13.1 Å². The van der Waals surface area contributed by atoms with Gasteiger partial charge >= 0.3 is 0 Å². The fourth-order valence-electron chi connectivity index (χ4n) is 2.06. The Morgan fingerprint density at radius 2 is 2.14 bits per heavy atom. The fourth-order valence-corrected chi connectivity index (χ4v) is 3.42. The molecular formula is C16H20N2O2S2. The van der Waals surface area contributed by atoms with Crippen molar-refractivity contribution in [3.05, 3.63) is 44.8 Å². The van der Waals surface area contributed by atoms with E-state index >= 15 is 0 Å². The lowest BCUT2D eigenvalue weighted by Crippen LogP contribution is -2.31. The van der Waals surface area contributed by atoms with Gasteiger partial charge in [0.15, 0.2) is 0 Å². The Morgan fingerprint density at radius 3 is 2.77 bits per heavy atom. The zero-order valence-electron chi connectivity index (χ0n) is 12.6. The number of hydrogen-bond acceptors (Lipinski definition) is 4. The largest absolute Gasteiger partial charge is 0.352 e. The standard InChI is InChI=1S/C16H20N2O2S2/c1-2-18(11-14-5-4-9-22-14)15(19)6-3-8-17-16(20)13-7-10-21-12-13/h4-5,7,9-10,12H,2-3,6,8,11H2,1H3,(H,17,20). The van der Waals surface area contributed by atoms with Crippen LogP contribution in [-0.2, 0) is 11.3 Å². The van der Waals surface area contributed by atoms with Crippen LogP contribution in [0.3, 0.4) is 0 Å². The van der Waals surface area contributed by atoms with Crippen LogP contribution in [0.1, 0.15) is 35.0 Å². The predicted octanol–water partition coefficient (Wildman–Crippen LogP) is 3.37. The van der Waals surface area contributed by atoms with Crippen LogP contribution in [0.25, 0.3) is 0 Å². The number of nitrogens with zero attached hydrogens (tertiary/aromatic N) is 1. The molecule has 0 aliphatic rings. The van der Waals surface area contributed by atoms with Crippen molar-refractivity contribution < 1.29 is 9.59 Å². The van der Waals surface area contributed by atoms with Gasteiger partial charge in [-0.25, -0.2) is 0 Å². The van der Waals surface area contributed by atoms with E-state index in [2.05, 4.69) is 5.32 Å². The van der Waals surface area contributed by atoms with Gasteiger partial charge in [0.25, 0.3) is 5.91 Å². The third kappa shape index (κ3) is 4.96. The lowest BCUT2D eigenvalue weighted by atomic mass is 10.2. The molecular weight excluding hydrogens is 316 g/mol. The van der Waals surface area contributed by atoms with E-state index in [-0.39, 0.29) is 11.8 Å². The monoisotopic (exact) mass is 336 g/mol. The maximum Gasteiger partial charge on any atom is 0.252 e. The van der Waals surface area contributed by atoms with Crippen LogP contribution in [0.2, 0.25) is 0 Å². The topological polar surface area (TPSA) is 49.4 Å². The Hall–Kier alpha value is -1.66. The van der Waals surface area contributed by atoms with Crippen LogP contribution in [0.5, 0.6) is 0 Å². The third-order valence-corrected chi connectivity index (χ3v) is 4.84. The molecule has 2 rings (SSSR count). The van der Waals surface area contributed by atoms with Crippen LogP contribution >= 0.6 is 22.7 Å². The first kappa shape index (κ1) is 16.7. The molecule has 2 heterocycles. The quantitative estimate of drug-likeness (QED) is 0.752. The van der Waals surface area contributed by atoms with Crippen molar-refractivity contribution in [1.29, 1.82) is 0 Å². The molecule has 0 radical (unpaired) electrons. The molecule has 6 heteroatoms. The highest BCUT2D eigenvalue weighted by atomic mass is 32.1. The summed E-state index contributed by atoms with van der Waals surface area (Å²) in [4.78, 5) is 27.0. The second kappa shape index (κ2) is 8.70. The lowest BCUT2D eigenvalue weighted by molar-refractivity contribution is -0.131. The summed E-state index contributed by atoms with van der Waals surface area (Å²) < 4.78 is 0. The van der Waals surface area contributed by atoms with Gasteiger partial charge in [0.05, 0.1) is 6.54 Å². The highest BCUT2D eigenvalue weighted by Crippen LogP contribution is 2.13. The van der Waals surface area contributed by atoms with Gasteiger partial charge in [-0.1, -0.05) is 6.07 Å². The number of hydrogen-bond donors (Lipinski definition) is 1. The first-order valence-corrected chi connectivity index (χ1v) is 9.13. The zero-order chi connectivity index (χ0) is 15.8. The minimum atomic E-state index is -0.0698. The molecule has 118 valence electrons. The molecule has 0 bridgehead atoms. The van der Waals surface area contributed by atoms with E-state index in [4.69, 9.17) is 0 Å².